The fraction of sp³-hybridized carbons (Fsp3) is 0.111. The van der Waals surface area contributed by atoms with E-state index in [4.69, 9.17) is 11.6 Å². The molecule has 0 bridgehead atoms. The maximum absolute atomic E-state index is 13.3. The molecule has 10 heteroatoms. The number of nitrogens with zero attached hydrogens (tertiary/aromatic N) is 2. The molecule has 3 aromatic rings. The summed E-state index contributed by atoms with van der Waals surface area (Å²) in [5.74, 6) is -3.54. The lowest BCUT2D eigenvalue weighted by Crippen LogP contribution is -2.26. The average molecular weight is 406 g/mol. The normalized spacial score (nSPS) is 10.5. The maximum atomic E-state index is 13.3. The minimum atomic E-state index is -1.20. The molecule has 144 valence electrons. The number of benzene rings is 1. The Kier molecular flexibility index (Phi) is 5.95. The van der Waals surface area contributed by atoms with Gasteiger partial charge in [0.25, 0.3) is 11.8 Å². The first-order chi connectivity index (χ1) is 13.4. The number of nitrogens with one attached hydrogen (secondary N) is 3. The van der Waals surface area contributed by atoms with Crippen molar-refractivity contribution in [1.82, 2.24) is 20.5 Å². The van der Waals surface area contributed by atoms with Crippen LogP contribution < -0.4 is 10.6 Å². The average Bonchev–Trinajstić information content (AvgIpc) is 3.14. The van der Waals surface area contributed by atoms with Gasteiger partial charge in [0.15, 0.2) is 17.5 Å². The second kappa shape index (κ2) is 8.57. The van der Waals surface area contributed by atoms with E-state index in [-0.39, 0.29) is 22.1 Å². The topological polar surface area (TPSA) is 99.8 Å². The van der Waals surface area contributed by atoms with E-state index in [2.05, 4.69) is 25.8 Å². The number of hydrogen-bond acceptors (Lipinski definition) is 4. The number of rotatable bonds is 6. The van der Waals surface area contributed by atoms with E-state index in [1.165, 1.54) is 6.07 Å². The number of carbonyl (C=O) groups excluding carboxylic acids is 2. The van der Waals surface area contributed by atoms with Crippen molar-refractivity contribution >= 4 is 29.2 Å². The smallest absolute Gasteiger partial charge is 0.269 e. The third-order valence-electron chi connectivity index (χ3n) is 3.74. The number of halogens is 3. The molecule has 28 heavy (non-hydrogen) atoms. The van der Waals surface area contributed by atoms with Crippen molar-refractivity contribution in [2.75, 3.05) is 11.9 Å². The van der Waals surface area contributed by atoms with E-state index >= 15 is 0 Å². The van der Waals surface area contributed by atoms with Gasteiger partial charge in [-0.25, -0.2) is 8.78 Å². The highest BCUT2D eigenvalue weighted by atomic mass is 35.5. The van der Waals surface area contributed by atoms with Crippen LogP contribution in [-0.4, -0.2) is 33.5 Å². The number of H-pyrrole nitrogens is 1. The number of amides is 2. The van der Waals surface area contributed by atoms with Gasteiger partial charge in [-0.3, -0.25) is 19.7 Å². The van der Waals surface area contributed by atoms with Crippen LogP contribution in [0, 0.1) is 11.6 Å². The van der Waals surface area contributed by atoms with E-state index in [0.717, 1.165) is 5.56 Å². The summed E-state index contributed by atoms with van der Waals surface area (Å²) in [6.07, 6.45) is 3.97. The standard InChI is InChI=1S/C18H14ClF2N5O2/c19-12-7-14(21)13(20)6-11(12)17(27)24-16-8-15(25-26-16)18(28)23-5-3-10-2-1-4-22-9-10/h1-2,4,6-9H,3,5H2,(H,23,28)(H2,24,25,26,27). The van der Waals surface area contributed by atoms with Crippen LogP contribution in [0.5, 0.6) is 0 Å². The number of carbonyl (C=O) groups is 2. The van der Waals surface area contributed by atoms with E-state index in [0.29, 0.717) is 25.1 Å². The summed E-state index contributed by atoms with van der Waals surface area (Å²) in [5, 5.41) is 11.1. The number of aromatic nitrogens is 3. The summed E-state index contributed by atoms with van der Waals surface area (Å²) < 4.78 is 26.4. The van der Waals surface area contributed by atoms with Gasteiger partial charge in [0.05, 0.1) is 10.6 Å². The maximum Gasteiger partial charge on any atom is 0.269 e. The molecule has 0 atom stereocenters. The Balaban J connectivity index is 1.58. The molecule has 0 aliphatic rings. The lowest BCUT2D eigenvalue weighted by molar-refractivity contribution is 0.0948. The minimum absolute atomic E-state index is 0.0307. The lowest BCUT2D eigenvalue weighted by atomic mass is 10.2. The molecule has 0 spiro atoms. The quantitative estimate of drug-likeness (QED) is 0.549. The molecule has 0 fully saturated rings. The Hall–Kier alpha value is -3.33. The van der Waals surface area contributed by atoms with Crippen LogP contribution in [0.1, 0.15) is 26.4 Å². The molecule has 1 aromatic carbocycles. The molecule has 0 aliphatic carbocycles. The summed E-state index contributed by atoms with van der Waals surface area (Å²) in [4.78, 5) is 28.3. The largest absolute Gasteiger partial charge is 0.350 e. The Morgan fingerprint density at radius 3 is 2.68 bits per heavy atom. The first-order valence-corrected chi connectivity index (χ1v) is 8.50. The molecule has 2 heterocycles. The molecule has 3 N–H and O–H groups in total. The van der Waals surface area contributed by atoms with E-state index in [9.17, 15) is 18.4 Å². The highest BCUT2D eigenvalue weighted by molar-refractivity contribution is 6.34. The molecular formula is C18H14ClF2N5O2. The molecular weight excluding hydrogens is 392 g/mol. The first-order valence-electron chi connectivity index (χ1n) is 8.12. The van der Waals surface area contributed by atoms with Crippen LogP contribution in [0.4, 0.5) is 14.6 Å². The van der Waals surface area contributed by atoms with Gasteiger partial charge in [-0.05, 0) is 30.2 Å². The van der Waals surface area contributed by atoms with Crippen molar-refractivity contribution < 1.29 is 18.4 Å². The van der Waals surface area contributed by atoms with Crippen molar-refractivity contribution in [2.45, 2.75) is 6.42 Å². The van der Waals surface area contributed by atoms with Gasteiger partial charge in [0, 0.05) is 25.0 Å². The zero-order valence-electron chi connectivity index (χ0n) is 14.3. The number of pyridine rings is 1. The van der Waals surface area contributed by atoms with Crippen LogP contribution in [-0.2, 0) is 6.42 Å². The van der Waals surface area contributed by atoms with Gasteiger partial charge in [-0.2, -0.15) is 5.10 Å². The van der Waals surface area contributed by atoms with Crippen molar-refractivity contribution in [3.05, 3.63) is 76.2 Å². The Labute approximate surface area is 163 Å². The van der Waals surface area contributed by atoms with E-state index in [1.54, 1.807) is 18.5 Å². The fourth-order valence-electron chi connectivity index (χ4n) is 2.34. The Bertz CT molecular complexity index is 1010. The Morgan fingerprint density at radius 1 is 1.14 bits per heavy atom. The monoisotopic (exact) mass is 405 g/mol. The van der Waals surface area contributed by atoms with E-state index in [1.807, 2.05) is 6.07 Å². The molecule has 2 aromatic heterocycles. The third-order valence-corrected chi connectivity index (χ3v) is 4.05. The highest BCUT2D eigenvalue weighted by Crippen LogP contribution is 2.21. The molecule has 0 aliphatic heterocycles. The number of anilines is 1. The van der Waals surface area contributed by atoms with Crippen LogP contribution in [0.25, 0.3) is 0 Å². The van der Waals surface area contributed by atoms with Crippen molar-refractivity contribution in [3.63, 3.8) is 0 Å². The molecule has 2 amide bonds. The Morgan fingerprint density at radius 2 is 1.93 bits per heavy atom. The summed E-state index contributed by atoms with van der Waals surface area (Å²) in [6, 6.07) is 6.40. The van der Waals surface area contributed by atoms with Crippen molar-refractivity contribution in [2.24, 2.45) is 0 Å². The van der Waals surface area contributed by atoms with Gasteiger partial charge in [0.1, 0.15) is 5.69 Å². The predicted octanol–water partition coefficient (Wildman–Crippen LogP) is 2.96. The number of aromatic amines is 1. The highest BCUT2D eigenvalue weighted by Gasteiger charge is 2.17. The molecule has 0 unspecified atom stereocenters. The molecule has 7 nitrogen and oxygen atoms in total. The summed E-state index contributed by atoms with van der Waals surface area (Å²) >= 11 is 5.76. The van der Waals surface area contributed by atoms with E-state index < -0.39 is 23.4 Å². The lowest BCUT2D eigenvalue weighted by Gasteiger charge is -2.05. The van der Waals surface area contributed by atoms with Crippen LogP contribution >= 0.6 is 11.6 Å². The third kappa shape index (κ3) is 4.68. The van der Waals surface area contributed by atoms with Crippen LogP contribution in [0.2, 0.25) is 5.02 Å². The minimum Gasteiger partial charge on any atom is -0.350 e. The molecule has 0 saturated heterocycles. The molecule has 0 radical (unpaired) electrons. The zero-order valence-corrected chi connectivity index (χ0v) is 15.1. The van der Waals surface area contributed by atoms with Crippen molar-refractivity contribution in [3.8, 4) is 0 Å². The van der Waals surface area contributed by atoms with Gasteiger partial charge >= 0.3 is 0 Å². The van der Waals surface area contributed by atoms with Gasteiger partial charge in [-0.15, -0.1) is 0 Å². The van der Waals surface area contributed by atoms with Gasteiger partial charge < -0.3 is 10.6 Å². The van der Waals surface area contributed by atoms with Crippen LogP contribution in [0.3, 0.4) is 0 Å². The summed E-state index contributed by atoms with van der Waals surface area (Å²) in [7, 11) is 0. The van der Waals surface area contributed by atoms with Crippen LogP contribution in [0.15, 0.2) is 42.7 Å². The van der Waals surface area contributed by atoms with Gasteiger partial charge in [0.2, 0.25) is 0 Å². The van der Waals surface area contributed by atoms with Crippen molar-refractivity contribution in [1.29, 1.82) is 0 Å². The van der Waals surface area contributed by atoms with Gasteiger partial charge in [-0.1, -0.05) is 17.7 Å². The second-order valence-electron chi connectivity index (χ2n) is 5.73. The predicted molar refractivity (Wildman–Crippen MR) is 98.2 cm³/mol. The fourth-order valence-corrected chi connectivity index (χ4v) is 2.58. The molecule has 0 saturated carbocycles. The zero-order chi connectivity index (χ0) is 20.1. The number of hydrogen-bond donors (Lipinski definition) is 3. The summed E-state index contributed by atoms with van der Waals surface area (Å²) in [5.41, 5.74) is 0.840. The first kappa shape index (κ1) is 19.4. The summed E-state index contributed by atoms with van der Waals surface area (Å²) in [6.45, 7) is 0.385. The molecule has 3 rings (SSSR count). The second-order valence-corrected chi connectivity index (χ2v) is 6.14. The SMILES string of the molecule is O=C(NCCc1cccnc1)c1cc(NC(=O)c2cc(F)c(F)cc2Cl)n[nH]1.